The second kappa shape index (κ2) is 4.55. The van der Waals surface area contributed by atoms with Crippen LogP contribution >= 0.6 is 0 Å². The molecule has 0 atom stereocenters. The molecular formula is C13H11Pd. The van der Waals surface area contributed by atoms with E-state index in [4.69, 9.17) is 0 Å². The van der Waals surface area contributed by atoms with E-state index in [1.54, 1.807) is 0 Å². The third kappa shape index (κ3) is 2.12. The van der Waals surface area contributed by atoms with E-state index in [0.29, 0.717) is 4.39 Å². The molecule has 0 fully saturated rings. The average Bonchev–Trinajstić information content (AvgIpc) is 2.30. The SMILES string of the molecule is [Pd][CH](c1ccccc1)c1ccccc1. The second-order valence-electron chi connectivity index (χ2n) is 3.15. The Morgan fingerprint density at radius 2 is 1.00 bits per heavy atom. The van der Waals surface area contributed by atoms with E-state index < -0.39 is 0 Å². The quantitative estimate of drug-likeness (QED) is 0.737. The van der Waals surface area contributed by atoms with Gasteiger partial charge in [0.15, 0.2) is 0 Å². The van der Waals surface area contributed by atoms with Gasteiger partial charge < -0.3 is 0 Å². The fourth-order valence-corrected chi connectivity index (χ4v) is 2.01. The summed E-state index contributed by atoms with van der Waals surface area (Å²) in [6.07, 6.45) is 0. The summed E-state index contributed by atoms with van der Waals surface area (Å²) < 4.78 is 0.334. The molecule has 0 N–H and O–H groups in total. The van der Waals surface area contributed by atoms with Crippen molar-refractivity contribution in [3.05, 3.63) is 71.8 Å². The van der Waals surface area contributed by atoms with Crippen LogP contribution in [0.15, 0.2) is 60.7 Å². The van der Waals surface area contributed by atoms with Gasteiger partial charge in [-0.15, -0.1) is 0 Å². The summed E-state index contributed by atoms with van der Waals surface area (Å²) in [5.74, 6) is 0. The summed E-state index contributed by atoms with van der Waals surface area (Å²) in [5.41, 5.74) is 2.61. The average molecular weight is 274 g/mol. The van der Waals surface area contributed by atoms with Crippen molar-refractivity contribution >= 4 is 0 Å². The maximum atomic E-state index is 3.40. The van der Waals surface area contributed by atoms with E-state index in [2.05, 4.69) is 67.7 Å². The fourth-order valence-electron chi connectivity index (χ4n) is 1.41. The van der Waals surface area contributed by atoms with Crippen LogP contribution < -0.4 is 0 Å². The number of hydrogen-bond donors (Lipinski definition) is 0. The van der Waals surface area contributed by atoms with E-state index >= 15 is 0 Å². The summed E-state index contributed by atoms with van der Waals surface area (Å²) >= 11 is 3.40. The van der Waals surface area contributed by atoms with Crippen molar-refractivity contribution in [3.63, 3.8) is 0 Å². The third-order valence-electron chi connectivity index (χ3n) is 2.14. The Kier molecular flexibility index (Phi) is 3.14. The first-order chi connectivity index (χ1) is 6.88. The van der Waals surface area contributed by atoms with Gasteiger partial charge in [-0.25, -0.2) is 0 Å². The Bertz CT molecular complexity index is 341. The van der Waals surface area contributed by atoms with Crippen molar-refractivity contribution in [1.29, 1.82) is 0 Å². The molecule has 0 saturated carbocycles. The van der Waals surface area contributed by atoms with Gasteiger partial charge in [-0.05, 0) is 0 Å². The van der Waals surface area contributed by atoms with Gasteiger partial charge in [-0.2, -0.15) is 0 Å². The standard InChI is InChI=1S/C13H11.Pd/c1-3-7-12(8-4-1)11-13-9-5-2-6-10-13;/h1-11H;. The van der Waals surface area contributed by atoms with E-state index in [1.165, 1.54) is 11.1 Å². The Hall–Kier alpha value is -0.898. The van der Waals surface area contributed by atoms with Crippen molar-refractivity contribution in [2.45, 2.75) is 4.39 Å². The van der Waals surface area contributed by atoms with Gasteiger partial charge in [0.1, 0.15) is 0 Å². The van der Waals surface area contributed by atoms with Gasteiger partial charge in [0.05, 0.1) is 0 Å². The van der Waals surface area contributed by atoms with Crippen molar-refractivity contribution in [3.8, 4) is 0 Å². The molecule has 2 aromatic carbocycles. The minimum absolute atomic E-state index is 0.334. The van der Waals surface area contributed by atoms with Crippen LogP contribution in [0.3, 0.4) is 0 Å². The molecule has 0 amide bonds. The summed E-state index contributed by atoms with van der Waals surface area (Å²) in [6, 6.07) is 20.9. The third-order valence-corrected chi connectivity index (χ3v) is 3.18. The zero-order chi connectivity index (χ0) is 9.80. The molecule has 0 spiro atoms. The molecule has 0 aliphatic rings. The Balaban J connectivity index is 2.30. The molecule has 0 unspecified atom stereocenters. The Labute approximate surface area is 95.4 Å². The van der Waals surface area contributed by atoms with Gasteiger partial charge in [0, 0.05) is 0 Å². The molecule has 0 heterocycles. The zero-order valence-electron chi connectivity index (χ0n) is 7.67. The number of rotatable bonds is 2. The number of benzene rings is 2. The van der Waals surface area contributed by atoms with Crippen LogP contribution in [-0.4, -0.2) is 0 Å². The molecule has 0 nitrogen and oxygen atoms in total. The molecule has 0 saturated heterocycles. The van der Waals surface area contributed by atoms with Crippen molar-refractivity contribution in [2.75, 3.05) is 0 Å². The summed E-state index contributed by atoms with van der Waals surface area (Å²) in [7, 11) is 0. The predicted molar refractivity (Wildman–Crippen MR) is 54.7 cm³/mol. The van der Waals surface area contributed by atoms with Crippen LogP contribution in [0.5, 0.6) is 0 Å². The van der Waals surface area contributed by atoms with Crippen LogP contribution in [-0.2, 0) is 19.2 Å². The van der Waals surface area contributed by atoms with Crippen LogP contribution in [0, 0.1) is 0 Å². The van der Waals surface area contributed by atoms with Crippen molar-refractivity contribution in [2.24, 2.45) is 0 Å². The molecule has 0 aliphatic carbocycles. The molecule has 1 heteroatoms. The van der Waals surface area contributed by atoms with Crippen molar-refractivity contribution < 1.29 is 19.2 Å². The molecular weight excluding hydrogens is 263 g/mol. The van der Waals surface area contributed by atoms with Crippen LogP contribution in [0.1, 0.15) is 15.5 Å². The topological polar surface area (TPSA) is 0 Å². The fraction of sp³-hybridized carbons (Fsp3) is 0.0769. The molecule has 14 heavy (non-hydrogen) atoms. The molecule has 2 rings (SSSR count). The first-order valence-corrected chi connectivity index (χ1v) is 5.48. The Morgan fingerprint density at radius 1 is 0.643 bits per heavy atom. The molecule has 2 aromatic rings. The van der Waals surface area contributed by atoms with Gasteiger partial charge in [0.25, 0.3) is 0 Å². The summed E-state index contributed by atoms with van der Waals surface area (Å²) in [5, 5.41) is 0. The maximum absolute atomic E-state index is 3.40. The van der Waals surface area contributed by atoms with Crippen LogP contribution in [0.25, 0.3) is 0 Å². The van der Waals surface area contributed by atoms with E-state index in [0.717, 1.165) is 0 Å². The summed E-state index contributed by atoms with van der Waals surface area (Å²) in [6.45, 7) is 0. The Morgan fingerprint density at radius 3 is 1.36 bits per heavy atom. The van der Waals surface area contributed by atoms with Crippen LogP contribution in [0.2, 0.25) is 0 Å². The first kappa shape index (κ1) is 9.65. The normalized spacial score (nSPS) is 10.5. The van der Waals surface area contributed by atoms with Gasteiger partial charge in [-0.3, -0.25) is 0 Å². The molecule has 73 valence electrons. The predicted octanol–water partition coefficient (Wildman–Crippen LogP) is 3.32. The van der Waals surface area contributed by atoms with Gasteiger partial charge in [-0.1, -0.05) is 0 Å². The van der Waals surface area contributed by atoms with Gasteiger partial charge >= 0.3 is 95.4 Å². The molecule has 0 aromatic heterocycles. The van der Waals surface area contributed by atoms with E-state index in [-0.39, 0.29) is 0 Å². The monoisotopic (exact) mass is 273 g/mol. The minimum atomic E-state index is 0.334. The second-order valence-corrected chi connectivity index (χ2v) is 4.05. The first-order valence-electron chi connectivity index (χ1n) is 4.58. The molecule has 0 radical (unpaired) electrons. The zero-order valence-corrected chi connectivity index (χ0v) is 9.22. The summed E-state index contributed by atoms with van der Waals surface area (Å²) in [4.78, 5) is 0. The number of hydrogen-bond acceptors (Lipinski definition) is 0. The van der Waals surface area contributed by atoms with Gasteiger partial charge in [0.2, 0.25) is 0 Å². The van der Waals surface area contributed by atoms with E-state index in [1.807, 2.05) is 12.1 Å². The van der Waals surface area contributed by atoms with Crippen LogP contribution in [0.4, 0.5) is 0 Å². The van der Waals surface area contributed by atoms with E-state index in [9.17, 15) is 0 Å². The molecule has 0 aliphatic heterocycles. The molecule has 0 bridgehead atoms. The van der Waals surface area contributed by atoms with Crippen molar-refractivity contribution in [1.82, 2.24) is 0 Å².